The Labute approximate surface area is 50.9 Å². The zero-order valence-electron chi connectivity index (χ0n) is 5.09. The zero-order valence-corrected chi connectivity index (χ0v) is 6.84. The predicted octanol–water partition coefficient (Wildman–Crippen LogP) is 2.25. The van der Waals surface area contributed by atoms with Crippen LogP contribution in [0.3, 0.4) is 0 Å². The summed E-state index contributed by atoms with van der Waals surface area (Å²) in [6.45, 7) is 6.82. The fourth-order valence-electron chi connectivity index (χ4n) is 0.786. The van der Waals surface area contributed by atoms with Gasteiger partial charge >= 0.3 is 0 Å². The first-order valence-corrected chi connectivity index (χ1v) is 6.23. The molecular weight excluding hydrogens is 124 g/mol. The van der Waals surface area contributed by atoms with E-state index in [0.717, 1.165) is 0 Å². The molecule has 0 aliphatic carbocycles. The average molecular weight is 135 g/mol. The second kappa shape index (κ2) is 1.08. The quantitative estimate of drug-likeness (QED) is 0.352. The second-order valence-corrected chi connectivity index (χ2v) is 9.63. The van der Waals surface area contributed by atoms with Crippen LogP contribution in [0, 0.1) is 0 Å². The zero-order chi connectivity index (χ0) is 5.71. The fourth-order valence-corrected chi connectivity index (χ4v) is 4.42. The van der Waals surface area contributed by atoms with Crippen LogP contribution < -0.4 is 0 Å². The molecule has 1 saturated heterocycles. The Morgan fingerprint density at radius 2 is 1.71 bits per heavy atom. The van der Waals surface area contributed by atoms with E-state index in [4.69, 9.17) is 11.6 Å². The molecule has 1 heterocycles. The lowest BCUT2D eigenvalue weighted by molar-refractivity contribution is 1.12. The van der Waals surface area contributed by atoms with Crippen molar-refractivity contribution in [2.75, 3.05) is 0 Å². The summed E-state index contributed by atoms with van der Waals surface area (Å²) in [4.78, 5) is 0. The fraction of sp³-hybridized carbons (Fsp3) is 1.00. The minimum atomic E-state index is -0.823. The molecular formula is C5H11ClSi. The highest BCUT2D eigenvalue weighted by Gasteiger charge is 2.58. The van der Waals surface area contributed by atoms with Crippen molar-refractivity contribution >= 4 is 19.7 Å². The van der Waals surface area contributed by atoms with Gasteiger partial charge in [-0.25, -0.2) is 0 Å². The Hall–Kier alpha value is 0.507. The first kappa shape index (κ1) is 5.64. The summed E-state index contributed by atoms with van der Waals surface area (Å²) in [6, 6.07) is 1.31. The molecule has 0 aromatic rings. The molecule has 1 aliphatic heterocycles. The molecule has 1 aliphatic rings. The Kier molecular flexibility index (Phi) is 0.871. The van der Waals surface area contributed by atoms with Crippen LogP contribution in [0.1, 0.15) is 6.92 Å². The topological polar surface area (TPSA) is 0 Å². The monoisotopic (exact) mass is 134 g/mol. The van der Waals surface area contributed by atoms with Crippen LogP contribution in [0.5, 0.6) is 0 Å². The molecule has 0 nitrogen and oxygen atoms in total. The molecule has 2 heteroatoms. The molecule has 0 bridgehead atoms. The largest absolute Gasteiger partial charge is 0.124 e. The maximum atomic E-state index is 5.99. The van der Waals surface area contributed by atoms with E-state index in [9.17, 15) is 0 Å². The van der Waals surface area contributed by atoms with Crippen LogP contribution in [0.15, 0.2) is 0 Å². The van der Waals surface area contributed by atoms with Crippen LogP contribution in [0.25, 0.3) is 0 Å². The molecule has 0 aromatic heterocycles. The lowest BCUT2D eigenvalue weighted by atomic mass is 10.6. The number of halogens is 1. The molecule has 1 fully saturated rings. The van der Waals surface area contributed by atoms with Crippen molar-refractivity contribution in [1.82, 2.24) is 0 Å². The summed E-state index contributed by atoms with van der Waals surface area (Å²) in [5.41, 5.74) is 0. The third-order valence-electron chi connectivity index (χ3n) is 2.06. The molecule has 0 saturated carbocycles. The van der Waals surface area contributed by atoms with Crippen LogP contribution in [0.4, 0.5) is 0 Å². The average Bonchev–Trinajstić information content (AvgIpc) is 1.63. The molecule has 0 amide bonds. The Morgan fingerprint density at radius 1 is 1.57 bits per heavy atom. The molecule has 0 N–H and O–H groups in total. The van der Waals surface area contributed by atoms with Crippen molar-refractivity contribution in [3.63, 3.8) is 0 Å². The van der Waals surface area contributed by atoms with Crippen LogP contribution in [-0.2, 0) is 0 Å². The Bertz CT molecular complexity index is 84.3. The van der Waals surface area contributed by atoms with Crippen molar-refractivity contribution < 1.29 is 0 Å². The van der Waals surface area contributed by atoms with Gasteiger partial charge in [-0.3, -0.25) is 0 Å². The standard InChI is InChI=1S/C5H11ClSi/c1-5(6)4-7(5,2)3/h4H2,1-3H3. The Morgan fingerprint density at radius 3 is 1.71 bits per heavy atom. The van der Waals surface area contributed by atoms with E-state index < -0.39 is 8.07 Å². The van der Waals surface area contributed by atoms with E-state index in [1.165, 1.54) is 6.04 Å². The molecule has 1 unspecified atom stereocenters. The number of rotatable bonds is 0. The lowest BCUT2D eigenvalue weighted by Crippen LogP contribution is -2.13. The number of hydrogen-bond donors (Lipinski definition) is 0. The molecule has 1 rings (SSSR count). The molecule has 0 spiro atoms. The van der Waals surface area contributed by atoms with Gasteiger partial charge < -0.3 is 0 Å². The summed E-state index contributed by atoms with van der Waals surface area (Å²) in [5.74, 6) is 0. The summed E-state index contributed by atoms with van der Waals surface area (Å²) < 4.78 is 0.257. The molecule has 7 heavy (non-hydrogen) atoms. The summed E-state index contributed by atoms with van der Waals surface area (Å²) in [7, 11) is -0.823. The maximum Gasteiger partial charge on any atom is 0.0724 e. The van der Waals surface area contributed by atoms with Crippen LogP contribution in [-0.4, -0.2) is 12.6 Å². The minimum absolute atomic E-state index is 0.257. The van der Waals surface area contributed by atoms with Crippen LogP contribution in [0.2, 0.25) is 19.1 Å². The maximum absolute atomic E-state index is 5.99. The van der Waals surface area contributed by atoms with Gasteiger partial charge in [-0.1, -0.05) is 13.1 Å². The number of alkyl halides is 1. The van der Waals surface area contributed by atoms with Crippen LogP contribution >= 0.6 is 11.6 Å². The van der Waals surface area contributed by atoms with E-state index in [1.807, 2.05) is 0 Å². The smallest absolute Gasteiger partial charge is 0.0724 e. The number of hydrogen-bond acceptors (Lipinski definition) is 0. The van der Waals surface area contributed by atoms with Gasteiger partial charge in [-0.05, 0) is 13.0 Å². The predicted molar refractivity (Wildman–Crippen MR) is 36.5 cm³/mol. The minimum Gasteiger partial charge on any atom is -0.124 e. The highest BCUT2D eigenvalue weighted by atomic mass is 35.5. The summed E-state index contributed by atoms with van der Waals surface area (Å²) in [6.07, 6.45) is 0. The van der Waals surface area contributed by atoms with Crippen molar-refractivity contribution in [2.45, 2.75) is 30.6 Å². The SMILES string of the molecule is CC1(Cl)C[Si]1(C)C. The van der Waals surface area contributed by atoms with Gasteiger partial charge in [0.1, 0.15) is 0 Å². The van der Waals surface area contributed by atoms with Gasteiger partial charge in [0.25, 0.3) is 0 Å². The van der Waals surface area contributed by atoms with E-state index in [1.54, 1.807) is 0 Å². The van der Waals surface area contributed by atoms with E-state index in [0.29, 0.717) is 0 Å². The van der Waals surface area contributed by atoms with Gasteiger partial charge in [0.15, 0.2) is 0 Å². The van der Waals surface area contributed by atoms with Gasteiger partial charge in [0.05, 0.1) is 8.07 Å². The summed E-state index contributed by atoms with van der Waals surface area (Å²) >= 11 is 5.99. The second-order valence-electron chi connectivity index (χ2n) is 3.26. The van der Waals surface area contributed by atoms with Gasteiger partial charge in [0.2, 0.25) is 0 Å². The third kappa shape index (κ3) is 0.724. The molecule has 0 aromatic carbocycles. The summed E-state index contributed by atoms with van der Waals surface area (Å²) in [5, 5.41) is 0. The Balaban J connectivity index is 2.59. The third-order valence-corrected chi connectivity index (χ3v) is 8.12. The highest BCUT2D eigenvalue weighted by molar-refractivity contribution is 6.98. The van der Waals surface area contributed by atoms with E-state index >= 15 is 0 Å². The van der Waals surface area contributed by atoms with Gasteiger partial charge in [-0.15, -0.1) is 11.6 Å². The van der Waals surface area contributed by atoms with Gasteiger partial charge in [-0.2, -0.15) is 0 Å². The van der Waals surface area contributed by atoms with Gasteiger partial charge in [0, 0.05) is 4.50 Å². The van der Waals surface area contributed by atoms with Crippen molar-refractivity contribution in [2.24, 2.45) is 0 Å². The lowest BCUT2D eigenvalue weighted by Gasteiger charge is -1.99. The van der Waals surface area contributed by atoms with E-state index in [2.05, 4.69) is 20.0 Å². The van der Waals surface area contributed by atoms with Crippen molar-refractivity contribution in [3.8, 4) is 0 Å². The van der Waals surface area contributed by atoms with Crippen molar-refractivity contribution in [1.29, 1.82) is 0 Å². The molecule has 0 radical (unpaired) electrons. The van der Waals surface area contributed by atoms with E-state index in [-0.39, 0.29) is 4.50 Å². The van der Waals surface area contributed by atoms with Crippen molar-refractivity contribution in [3.05, 3.63) is 0 Å². The molecule has 42 valence electrons. The highest BCUT2D eigenvalue weighted by Crippen LogP contribution is 2.51. The first-order chi connectivity index (χ1) is 2.96. The normalized spacial score (nSPS) is 46.3. The first-order valence-electron chi connectivity index (χ1n) is 2.65. The molecule has 1 atom stereocenters.